The number of anilines is 2. The van der Waals surface area contributed by atoms with Crippen LogP contribution < -0.4 is 24.4 Å². The Labute approximate surface area is 216 Å². The van der Waals surface area contributed by atoms with Gasteiger partial charge in [0.05, 0.1) is 31.0 Å². The predicted octanol–water partition coefficient (Wildman–Crippen LogP) is 7.05. The van der Waals surface area contributed by atoms with Gasteiger partial charge in [-0.25, -0.2) is 4.79 Å². The second-order valence-corrected chi connectivity index (χ2v) is 8.65. The van der Waals surface area contributed by atoms with Crippen molar-refractivity contribution in [1.29, 1.82) is 0 Å². The summed E-state index contributed by atoms with van der Waals surface area (Å²) in [6.45, 7) is 0.379. The van der Waals surface area contributed by atoms with Crippen LogP contribution in [0.25, 0.3) is 10.9 Å². The number of pyridine rings is 1. The molecule has 2 heterocycles. The van der Waals surface area contributed by atoms with Gasteiger partial charge in [-0.1, -0.05) is 12.1 Å². The molecule has 0 atom stereocenters. The van der Waals surface area contributed by atoms with E-state index in [0.717, 1.165) is 17.0 Å². The summed E-state index contributed by atoms with van der Waals surface area (Å²) in [6.07, 6.45) is -1.60. The number of carbonyl (C=O) groups is 1. The van der Waals surface area contributed by atoms with Crippen molar-refractivity contribution < 1.29 is 32.2 Å². The summed E-state index contributed by atoms with van der Waals surface area (Å²) in [5.74, 6) is 2.20. The largest absolute Gasteiger partial charge is 0.493 e. The van der Waals surface area contributed by atoms with Crippen LogP contribution in [0.1, 0.15) is 17.5 Å². The van der Waals surface area contributed by atoms with Crippen molar-refractivity contribution in [3.8, 4) is 23.0 Å². The lowest BCUT2D eigenvalue weighted by Crippen LogP contribution is -2.39. The SMILES string of the molecule is COc1cc2nccc(Oc3ccc4c(c3)CCCN4C(=O)Nc3ccccc3C(F)(F)F)c2cc1OC. The minimum absolute atomic E-state index is 0.284. The monoisotopic (exact) mass is 523 g/mol. The molecule has 10 heteroatoms. The Morgan fingerprint density at radius 3 is 2.50 bits per heavy atom. The lowest BCUT2D eigenvalue weighted by Gasteiger charge is -2.30. The van der Waals surface area contributed by atoms with Crippen molar-refractivity contribution in [1.82, 2.24) is 4.98 Å². The Morgan fingerprint density at radius 2 is 1.74 bits per heavy atom. The number of methoxy groups -OCH3 is 2. The molecular formula is C28H24F3N3O4. The van der Waals surface area contributed by atoms with Gasteiger partial charge >= 0.3 is 12.2 Å². The molecule has 0 aliphatic carbocycles. The van der Waals surface area contributed by atoms with E-state index < -0.39 is 17.8 Å². The van der Waals surface area contributed by atoms with Gasteiger partial charge in [0.2, 0.25) is 0 Å². The zero-order valence-electron chi connectivity index (χ0n) is 20.6. The number of ether oxygens (including phenoxy) is 3. The number of hydrogen-bond donors (Lipinski definition) is 1. The van der Waals surface area contributed by atoms with Crippen molar-refractivity contribution in [2.45, 2.75) is 19.0 Å². The molecule has 196 valence electrons. The topological polar surface area (TPSA) is 72.9 Å². The average Bonchev–Trinajstić information content (AvgIpc) is 2.91. The molecule has 0 radical (unpaired) electrons. The maximum absolute atomic E-state index is 13.4. The lowest BCUT2D eigenvalue weighted by molar-refractivity contribution is -0.136. The van der Waals surface area contributed by atoms with Crippen molar-refractivity contribution in [3.63, 3.8) is 0 Å². The van der Waals surface area contributed by atoms with Gasteiger partial charge in [-0.3, -0.25) is 9.88 Å². The first kappa shape index (κ1) is 25.2. The Morgan fingerprint density at radius 1 is 0.974 bits per heavy atom. The molecule has 2 amide bonds. The molecular weight excluding hydrogens is 499 g/mol. The number of nitrogens with one attached hydrogen (secondary N) is 1. The molecule has 0 fully saturated rings. The molecule has 7 nitrogen and oxygen atoms in total. The number of rotatable bonds is 5. The minimum Gasteiger partial charge on any atom is -0.493 e. The third-order valence-electron chi connectivity index (χ3n) is 6.32. The van der Waals surface area contributed by atoms with Crippen LogP contribution in [0.3, 0.4) is 0 Å². The van der Waals surface area contributed by atoms with E-state index in [1.807, 2.05) is 6.07 Å². The van der Waals surface area contributed by atoms with E-state index in [9.17, 15) is 18.0 Å². The van der Waals surface area contributed by atoms with E-state index in [-0.39, 0.29) is 5.69 Å². The van der Waals surface area contributed by atoms with Gasteiger partial charge in [0.25, 0.3) is 0 Å². The third-order valence-corrected chi connectivity index (χ3v) is 6.32. The number of amides is 2. The average molecular weight is 524 g/mol. The molecule has 1 aromatic heterocycles. The van der Waals surface area contributed by atoms with E-state index in [2.05, 4.69) is 10.3 Å². The molecule has 0 saturated heterocycles. The van der Waals surface area contributed by atoms with Gasteiger partial charge in [0, 0.05) is 29.9 Å². The van der Waals surface area contributed by atoms with Gasteiger partial charge in [0.1, 0.15) is 11.5 Å². The maximum atomic E-state index is 13.4. The summed E-state index contributed by atoms with van der Waals surface area (Å²) >= 11 is 0. The van der Waals surface area contributed by atoms with Crippen LogP contribution in [0.5, 0.6) is 23.0 Å². The molecule has 0 unspecified atom stereocenters. The summed E-state index contributed by atoms with van der Waals surface area (Å²) in [4.78, 5) is 18.9. The van der Waals surface area contributed by atoms with Gasteiger partial charge in [-0.05, 0) is 60.9 Å². The highest BCUT2D eigenvalue weighted by Gasteiger charge is 2.34. The molecule has 0 bridgehead atoms. The fourth-order valence-electron chi connectivity index (χ4n) is 4.53. The summed E-state index contributed by atoms with van der Waals surface area (Å²) in [6, 6.07) is 14.9. The van der Waals surface area contributed by atoms with Crippen LogP contribution in [-0.4, -0.2) is 31.8 Å². The fraction of sp³-hybridized carbons (Fsp3) is 0.214. The van der Waals surface area contributed by atoms with Gasteiger partial charge in [0.15, 0.2) is 11.5 Å². The first-order valence-electron chi connectivity index (χ1n) is 11.8. The van der Waals surface area contributed by atoms with E-state index in [4.69, 9.17) is 14.2 Å². The number of aromatic nitrogens is 1. The molecule has 4 aromatic rings. The van der Waals surface area contributed by atoms with Gasteiger partial charge in [-0.15, -0.1) is 0 Å². The molecule has 3 aromatic carbocycles. The number of para-hydroxylation sites is 1. The second kappa shape index (κ2) is 10.1. The zero-order valence-corrected chi connectivity index (χ0v) is 20.6. The molecule has 1 aliphatic heterocycles. The number of alkyl halides is 3. The highest BCUT2D eigenvalue weighted by Crippen LogP contribution is 2.39. The normalized spacial score (nSPS) is 13.1. The predicted molar refractivity (Wildman–Crippen MR) is 137 cm³/mol. The summed E-state index contributed by atoms with van der Waals surface area (Å²) in [7, 11) is 3.10. The van der Waals surface area contributed by atoms with Crippen LogP contribution >= 0.6 is 0 Å². The second-order valence-electron chi connectivity index (χ2n) is 8.65. The number of nitrogens with zero attached hydrogens (tertiary/aromatic N) is 2. The van der Waals surface area contributed by atoms with Crippen LogP contribution in [0.4, 0.5) is 29.3 Å². The minimum atomic E-state index is -4.58. The van der Waals surface area contributed by atoms with E-state index in [1.54, 1.807) is 50.7 Å². The van der Waals surface area contributed by atoms with Crippen LogP contribution in [0.2, 0.25) is 0 Å². The summed E-state index contributed by atoms with van der Waals surface area (Å²) < 4.78 is 57.1. The maximum Gasteiger partial charge on any atom is 0.418 e. The van der Waals surface area contributed by atoms with Crippen molar-refractivity contribution >= 4 is 28.3 Å². The zero-order chi connectivity index (χ0) is 26.9. The fourth-order valence-corrected chi connectivity index (χ4v) is 4.53. The lowest BCUT2D eigenvalue weighted by atomic mass is 10.0. The Kier molecular flexibility index (Phi) is 6.71. The quantitative estimate of drug-likeness (QED) is 0.304. The number of fused-ring (bicyclic) bond motifs is 2. The Bertz CT molecular complexity index is 1510. The molecule has 5 rings (SSSR count). The number of hydrogen-bond acceptors (Lipinski definition) is 5. The van der Waals surface area contributed by atoms with E-state index in [1.165, 1.54) is 23.1 Å². The Hall–Kier alpha value is -4.47. The van der Waals surface area contributed by atoms with E-state index >= 15 is 0 Å². The van der Waals surface area contributed by atoms with Crippen molar-refractivity contribution in [2.24, 2.45) is 0 Å². The van der Waals surface area contributed by atoms with Crippen LogP contribution in [-0.2, 0) is 12.6 Å². The van der Waals surface area contributed by atoms with Crippen LogP contribution in [0, 0.1) is 0 Å². The summed E-state index contributed by atoms with van der Waals surface area (Å²) in [5.41, 5.74) is 0.962. The number of halogens is 3. The molecule has 0 spiro atoms. The number of carbonyl (C=O) groups excluding carboxylic acids is 1. The Balaban J connectivity index is 1.41. The van der Waals surface area contributed by atoms with Crippen molar-refractivity contribution in [2.75, 3.05) is 31.0 Å². The van der Waals surface area contributed by atoms with Gasteiger partial charge in [-0.2, -0.15) is 13.2 Å². The third kappa shape index (κ3) is 4.89. The first-order chi connectivity index (χ1) is 18.3. The van der Waals surface area contributed by atoms with Gasteiger partial charge < -0.3 is 19.5 Å². The molecule has 1 aliphatic rings. The molecule has 1 N–H and O–H groups in total. The van der Waals surface area contributed by atoms with Crippen molar-refractivity contribution in [3.05, 3.63) is 78.0 Å². The van der Waals surface area contributed by atoms with Crippen LogP contribution in [0.15, 0.2) is 66.9 Å². The smallest absolute Gasteiger partial charge is 0.418 e. The number of benzene rings is 3. The molecule has 0 saturated carbocycles. The van der Waals surface area contributed by atoms with E-state index in [0.29, 0.717) is 53.6 Å². The summed E-state index contributed by atoms with van der Waals surface area (Å²) in [5, 5.41) is 3.16. The molecule has 38 heavy (non-hydrogen) atoms. The first-order valence-corrected chi connectivity index (χ1v) is 11.8. The highest BCUT2D eigenvalue weighted by atomic mass is 19.4. The number of aryl methyl sites for hydroxylation is 1. The standard InChI is InChI=1S/C28H24F3N3O4/c1-36-25-15-19-22(16-26(25)37-2)32-12-11-24(19)38-18-9-10-23-17(14-18)6-5-13-34(23)27(35)33-21-8-4-3-7-20(21)28(29,30)31/h3-4,7-12,14-16H,5-6,13H2,1-2H3,(H,33,35). The highest BCUT2D eigenvalue weighted by molar-refractivity contribution is 6.03. The number of urea groups is 1.